The molecule has 3 aromatic heterocycles. The number of piperidine rings is 1. The number of rotatable bonds is 3. The van der Waals surface area contributed by atoms with Crippen LogP contribution in [0.5, 0.6) is 0 Å². The van der Waals surface area contributed by atoms with Crippen molar-refractivity contribution in [3.8, 4) is 0 Å². The molecule has 5 nitrogen and oxygen atoms in total. The van der Waals surface area contributed by atoms with Crippen LogP contribution in [0.2, 0.25) is 0 Å². The Kier molecular flexibility index (Phi) is 5.37. The Hall–Kier alpha value is -1.84. The van der Waals surface area contributed by atoms with Crippen molar-refractivity contribution in [2.45, 2.75) is 29.9 Å². The van der Waals surface area contributed by atoms with Gasteiger partial charge in [-0.25, -0.2) is 4.98 Å². The van der Waals surface area contributed by atoms with Crippen LogP contribution >= 0.6 is 35.4 Å². The summed E-state index contributed by atoms with van der Waals surface area (Å²) in [7, 11) is 0. The minimum Gasteiger partial charge on any atom is -0.341 e. The number of halogens is 1. The number of fused-ring (bicyclic) bond motifs is 3. The largest absolute Gasteiger partial charge is 0.341 e. The number of hydrogen-bond donors (Lipinski definition) is 1. The zero-order chi connectivity index (χ0) is 20.8. The van der Waals surface area contributed by atoms with Gasteiger partial charge in [0.15, 0.2) is 11.1 Å². The van der Waals surface area contributed by atoms with Crippen molar-refractivity contribution in [1.82, 2.24) is 18.4 Å². The third-order valence-electron chi connectivity index (χ3n) is 6.01. The van der Waals surface area contributed by atoms with Crippen molar-refractivity contribution < 1.29 is 0 Å². The highest BCUT2D eigenvalue weighted by Crippen LogP contribution is 2.33. The Balaban J connectivity index is 1.57. The van der Waals surface area contributed by atoms with Crippen LogP contribution in [-0.2, 0) is 6.54 Å². The molecule has 30 heavy (non-hydrogen) atoms. The molecule has 1 fully saturated rings. The number of aromatic nitrogens is 3. The number of benzene rings is 1. The molecular formula is C23H23IN4OS. The molecule has 4 heterocycles. The van der Waals surface area contributed by atoms with Gasteiger partial charge in [0.25, 0.3) is 0 Å². The van der Waals surface area contributed by atoms with Gasteiger partial charge < -0.3 is 4.57 Å². The van der Waals surface area contributed by atoms with Crippen LogP contribution in [0.1, 0.15) is 23.6 Å². The van der Waals surface area contributed by atoms with Gasteiger partial charge in [-0.1, -0.05) is 65.2 Å². The molecule has 0 N–H and O–H groups in total. The Morgan fingerprint density at radius 1 is 1.20 bits per heavy atom. The van der Waals surface area contributed by atoms with Crippen molar-refractivity contribution in [3.05, 3.63) is 76.3 Å². The van der Waals surface area contributed by atoms with E-state index >= 15 is 0 Å². The van der Waals surface area contributed by atoms with Crippen molar-refractivity contribution in [3.63, 3.8) is 0 Å². The number of aryl methyl sites for hydroxylation is 1. The van der Waals surface area contributed by atoms with E-state index < -0.39 is 0 Å². The normalized spacial score (nSPS) is 20.2. The minimum absolute atomic E-state index is 0.0139. The fourth-order valence-electron chi connectivity index (χ4n) is 4.55. The van der Waals surface area contributed by atoms with Crippen molar-refractivity contribution in [2.24, 2.45) is 0 Å². The van der Waals surface area contributed by atoms with E-state index in [-0.39, 0.29) is 11.5 Å². The summed E-state index contributed by atoms with van der Waals surface area (Å²) in [6.07, 6.45) is 6.66. The van der Waals surface area contributed by atoms with Crippen molar-refractivity contribution in [1.29, 1.82) is 0 Å². The second kappa shape index (κ2) is 8.01. The van der Waals surface area contributed by atoms with Gasteiger partial charge in [-0.15, -0.1) is 0 Å². The number of nitrogens with zero attached hydrogens (tertiary/aromatic N) is 4. The van der Waals surface area contributed by atoms with Gasteiger partial charge in [-0.3, -0.25) is 13.7 Å². The lowest BCUT2D eigenvalue weighted by Crippen LogP contribution is -2.41. The first-order valence-corrected chi connectivity index (χ1v) is 11.8. The molecule has 1 aliphatic heterocycles. The van der Waals surface area contributed by atoms with Crippen LogP contribution in [0, 0.1) is 6.92 Å². The van der Waals surface area contributed by atoms with Crippen molar-refractivity contribution in [2.75, 3.05) is 13.1 Å². The summed E-state index contributed by atoms with van der Waals surface area (Å²) < 4.78 is 4.50. The Bertz CT molecular complexity index is 1300. The SMILES string of the molecule is Cc1cccc(CN2CC[C@@H](I)[C@@H](n3ccc(=O)c4cnc5c(ccn5S)c43)C2)c1. The molecule has 154 valence electrons. The maximum atomic E-state index is 12.6. The van der Waals surface area contributed by atoms with Crippen LogP contribution < -0.4 is 5.43 Å². The van der Waals surface area contributed by atoms with Gasteiger partial charge in [-0.2, -0.15) is 0 Å². The molecule has 0 unspecified atom stereocenters. The molecule has 2 atom stereocenters. The van der Waals surface area contributed by atoms with Gasteiger partial charge in [0.2, 0.25) is 0 Å². The third kappa shape index (κ3) is 3.56. The highest BCUT2D eigenvalue weighted by Gasteiger charge is 2.30. The highest BCUT2D eigenvalue weighted by molar-refractivity contribution is 14.1. The monoisotopic (exact) mass is 530 g/mol. The van der Waals surface area contributed by atoms with Gasteiger partial charge >= 0.3 is 0 Å². The molecule has 1 aromatic carbocycles. The van der Waals surface area contributed by atoms with E-state index in [1.165, 1.54) is 11.1 Å². The second-order valence-electron chi connectivity index (χ2n) is 8.10. The molecule has 1 aliphatic rings. The summed E-state index contributed by atoms with van der Waals surface area (Å²) in [4.78, 5) is 19.6. The number of alkyl halides is 1. The predicted octanol–water partition coefficient (Wildman–Crippen LogP) is 4.60. The highest BCUT2D eigenvalue weighted by atomic mass is 127. The summed E-state index contributed by atoms with van der Waals surface area (Å²) in [6, 6.07) is 12.7. The first-order chi connectivity index (χ1) is 14.5. The van der Waals surface area contributed by atoms with Gasteiger partial charge in [0.05, 0.1) is 16.9 Å². The molecule has 0 radical (unpaired) electrons. The topological polar surface area (TPSA) is 43.1 Å². The van der Waals surface area contributed by atoms with E-state index in [1.807, 2.05) is 18.5 Å². The second-order valence-corrected chi connectivity index (χ2v) is 10.1. The zero-order valence-corrected chi connectivity index (χ0v) is 19.8. The molecule has 0 saturated carbocycles. The molecule has 1 saturated heterocycles. The van der Waals surface area contributed by atoms with Crippen LogP contribution in [0.15, 0.2) is 59.8 Å². The molecule has 0 aliphatic carbocycles. The van der Waals surface area contributed by atoms with E-state index in [4.69, 9.17) is 0 Å². The first-order valence-electron chi connectivity index (χ1n) is 10.1. The molecule has 4 aromatic rings. The van der Waals surface area contributed by atoms with Gasteiger partial charge in [0, 0.05) is 47.1 Å². The minimum atomic E-state index is 0.0139. The molecule has 0 spiro atoms. The van der Waals surface area contributed by atoms with E-state index in [1.54, 1.807) is 16.2 Å². The molecule has 5 rings (SSSR count). The molecule has 0 amide bonds. The molecule has 0 bridgehead atoms. The molecule has 7 heteroatoms. The lowest BCUT2D eigenvalue weighted by molar-refractivity contribution is 0.181. The number of thiol groups is 1. The average Bonchev–Trinajstić information content (AvgIpc) is 3.11. The summed E-state index contributed by atoms with van der Waals surface area (Å²) >= 11 is 7.04. The Labute approximate surface area is 194 Å². The van der Waals surface area contributed by atoms with Crippen LogP contribution in [0.4, 0.5) is 0 Å². The van der Waals surface area contributed by atoms with E-state index in [2.05, 4.69) is 81.0 Å². The van der Waals surface area contributed by atoms with Crippen LogP contribution in [-0.4, -0.2) is 35.4 Å². The maximum absolute atomic E-state index is 12.6. The Morgan fingerprint density at radius 3 is 2.90 bits per heavy atom. The third-order valence-corrected chi connectivity index (χ3v) is 7.78. The molecular weight excluding hydrogens is 507 g/mol. The fourth-order valence-corrected chi connectivity index (χ4v) is 5.63. The smallest absolute Gasteiger partial charge is 0.190 e. The standard InChI is InChI=1S/C23H23IN4OS/c1-15-3-2-4-16(11-15)13-26-8-6-19(24)20(14-26)27-9-7-21(29)18-12-25-23-17(22(18)27)5-10-28(23)30/h2-5,7,9-12,19-20,30H,6,8,13-14H2,1H3/t19-,20+/m1/s1. The average molecular weight is 530 g/mol. The van der Waals surface area contributed by atoms with E-state index in [0.717, 1.165) is 42.6 Å². The summed E-state index contributed by atoms with van der Waals surface area (Å²) in [5.74, 6) is 0. The van der Waals surface area contributed by atoms with Crippen molar-refractivity contribution >= 4 is 57.3 Å². The quantitative estimate of drug-likeness (QED) is 0.239. The number of likely N-dealkylation sites (tertiary alicyclic amines) is 1. The Morgan fingerprint density at radius 2 is 2.07 bits per heavy atom. The zero-order valence-electron chi connectivity index (χ0n) is 16.7. The number of hydrogen-bond acceptors (Lipinski definition) is 4. The van der Waals surface area contributed by atoms with Crippen LogP contribution in [0.25, 0.3) is 21.9 Å². The van der Waals surface area contributed by atoms with E-state index in [9.17, 15) is 4.79 Å². The lowest BCUT2D eigenvalue weighted by atomic mass is 10.0. The predicted molar refractivity (Wildman–Crippen MR) is 134 cm³/mol. The first kappa shape index (κ1) is 20.1. The van der Waals surface area contributed by atoms with Crippen LogP contribution in [0.3, 0.4) is 0 Å². The summed E-state index contributed by atoms with van der Waals surface area (Å²) in [6.45, 7) is 5.12. The summed E-state index contributed by atoms with van der Waals surface area (Å²) in [5.41, 5.74) is 4.40. The number of pyridine rings is 2. The maximum Gasteiger partial charge on any atom is 0.190 e. The van der Waals surface area contributed by atoms with E-state index in [0.29, 0.717) is 9.31 Å². The lowest BCUT2D eigenvalue weighted by Gasteiger charge is -2.38. The van der Waals surface area contributed by atoms with Gasteiger partial charge in [0.1, 0.15) is 0 Å². The summed E-state index contributed by atoms with van der Waals surface area (Å²) in [5, 5.41) is 1.64. The van der Waals surface area contributed by atoms with Gasteiger partial charge in [-0.05, 0) is 31.5 Å². The fraction of sp³-hybridized carbons (Fsp3) is 0.304.